The third kappa shape index (κ3) is 2.97. The highest BCUT2D eigenvalue weighted by atomic mass is 16.2. The highest BCUT2D eigenvalue weighted by Gasteiger charge is 2.16. The lowest BCUT2D eigenvalue weighted by atomic mass is 9.96. The summed E-state index contributed by atoms with van der Waals surface area (Å²) in [5.74, 6) is 0.348. The molecule has 0 unspecified atom stereocenters. The number of carbonyl (C=O) groups is 1. The quantitative estimate of drug-likeness (QED) is 0.726. The molecule has 6 nitrogen and oxygen atoms in total. The van der Waals surface area contributed by atoms with E-state index < -0.39 is 0 Å². The Bertz CT molecular complexity index is 427. The zero-order valence-electron chi connectivity index (χ0n) is 9.49. The minimum absolute atomic E-state index is 0.247. The molecule has 0 spiro atoms. The molecule has 1 aliphatic carbocycles. The summed E-state index contributed by atoms with van der Waals surface area (Å²) < 4.78 is 0. The third-order valence-electron chi connectivity index (χ3n) is 2.94. The first-order valence-corrected chi connectivity index (χ1v) is 5.80. The fourth-order valence-corrected chi connectivity index (χ4v) is 2.05. The molecule has 0 radical (unpaired) electrons. The fourth-order valence-electron chi connectivity index (χ4n) is 2.05. The van der Waals surface area contributed by atoms with Gasteiger partial charge in [-0.25, -0.2) is 4.79 Å². The number of nitrogens with zero attached hydrogens (tertiary/aromatic N) is 2. The molecule has 1 aliphatic rings. The predicted molar refractivity (Wildman–Crippen MR) is 62.3 cm³/mol. The van der Waals surface area contributed by atoms with Crippen LogP contribution in [0, 0.1) is 11.3 Å². The van der Waals surface area contributed by atoms with E-state index in [9.17, 15) is 4.79 Å². The third-order valence-corrected chi connectivity index (χ3v) is 2.94. The summed E-state index contributed by atoms with van der Waals surface area (Å²) in [5, 5.41) is 20.5. The van der Waals surface area contributed by atoms with E-state index in [4.69, 9.17) is 5.26 Å². The van der Waals surface area contributed by atoms with Gasteiger partial charge in [0.15, 0.2) is 0 Å². The number of anilines is 1. The van der Waals surface area contributed by atoms with Crippen molar-refractivity contribution in [2.45, 2.75) is 38.1 Å². The zero-order chi connectivity index (χ0) is 12.1. The number of nitriles is 1. The second-order valence-corrected chi connectivity index (χ2v) is 4.20. The van der Waals surface area contributed by atoms with E-state index in [-0.39, 0.29) is 12.1 Å². The largest absolute Gasteiger partial charge is 0.335 e. The van der Waals surface area contributed by atoms with Gasteiger partial charge in [0.25, 0.3) is 0 Å². The van der Waals surface area contributed by atoms with Gasteiger partial charge in [0.05, 0.1) is 6.20 Å². The standard InChI is InChI=1S/C11H15N5O/c12-6-8-7-13-16-10(8)15-11(17)14-9-4-2-1-3-5-9/h7,9H,1-5H2,(H3,13,14,15,16,17). The Morgan fingerprint density at radius 2 is 2.24 bits per heavy atom. The van der Waals surface area contributed by atoms with Crippen LogP contribution in [0.5, 0.6) is 0 Å². The molecule has 90 valence electrons. The number of aromatic amines is 1. The molecular weight excluding hydrogens is 218 g/mol. The Balaban J connectivity index is 1.87. The second kappa shape index (κ2) is 5.34. The van der Waals surface area contributed by atoms with Crippen LogP contribution in [0.4, 0.5) is 10.6 Å². The van der Waals surface area contributed by atoms with Gasteiger partial charge < -0.3 is 5.32 Å². The van der Waals surface area contributed by atoms with Crippen molar-refractivity contribution in [1.82, 2.24) is 15.5 Å². The average molecular weight is 233 g/mol. The lowest BCUT2D eigenvalue weighted by molar-refractivity contribution is 0.244. The van der Waals surface area contributed by atoms with Crippen molar-refractivity contribution < 1.29 is 4.79 Å². The molecule has 1 saturated carbocycles. The number of carbonyl (C=O) groups excluding carboxylic acids is 1. The molecule has 1 aromatic rings. The first-order chi connectivity index (χ1) is 8.29. The van der Waals surface area contributed by atoms with Crippen molar-refractivity contribution >= 4 is 11.8 Å². The van der Waals surface area contributed by atoms with E-state index >= 15 is 0 Å². The molecule has 0 aromatic carbocycles. The van der Waals surface area contributed by atoms with Crippen LogP contribution in [0.25, 0.3) is 0 Å². The van der Waals surface area contributed by atoms with E-state index in [2.05, 4.69) is 20.8 Å². The number of urea groups is 1. The van der Waals surface area contributed by atoms with Crippen LogP contribution in [0.3, 0.4) is 0 Å². The van der Waals surface area contributed by atoms with Gasteiger partial charge >= 0.3 is 6.03 Å². The maximum Gasteiger partial charge on any atom is 0.320 e. The fraction of sp³-hybridized carbons (Fsp3) is 0.545. The monoisotopic (exact) mass is 233 g/mol. The average Bonchev–Trinajstić information content (AvgIpc) is 2.77. The molecule has 1 aromatic heterocycles. The normalized spacial score (nSPS) is 16.2. The number of nitrogens with one attached hydrogen (secondary N) is 3. The van der Waals surface area contributed by atoms with Crippen molar-refractivity contribution in [3.8, 4) is 6.07 Å². The molecular formula is C11H15N5O. The highest BCUT2D eigenvalue weighted by molar-refractivity contribution is 5.89. The summed E-state index contributed by atoms with van der Waals surface area (Å²) in [6.45, 7) is 0. The molecule has 0 aliphatic heterocycles. The molecule has 0 bridgehead atoms. The molecule has 3 N–H and O–H groups in total. The minimum Gasteiger partial charge on any atom is -0.335 e. The highest BCUT2D eigenvalue weighted by Crippen LogP contribution is 2.17. The maximum absolute atomic E-state index is 11.7. The number of hydrogen-bond donors (Lipinski definition) is 3. The van der Waals surface area contributed by atoms with Crippen LogP contribution in [0.15, 0.2) is 6.20 Å². The number of aromatic nitrogens is 2. The van der Waals surface area contributed by atoms with Gasteiger partial charge in [0.1, 0.15) is 17.5 Å². The van der Waals surface area contributed by atoms with E-state index in [0.717, 1.165) is 12.8 Å². The van der Waals surface area contributed by atoms with Gasteiger partial charge in [0.2, 0.25) is 0 Å². The summed E-state index contributed by atoms with van der Waals surface area (Å²) in [4.78, 5) is 11.7. The number of amides is 2. The Morgan fingerprint density at radius 3 is 2.94 bits per heavy atom. The Hall–Kier alpha value is -2.03. The van der Waals surface area contributed by atoms with E-state index in [0.29, 0.717) is 11.4 Å². The van der Waals surface area contributed by atoms with Crippen molar-refractivity contribution in [2.24, 2.45) is 0 Å². The van der Waals surface area contributed by atoms with Gasteiger partial charge in [-0.05, 0) is 12.8 Å². The molecule has 17 heavy (non-hydrogen) atoms. The van der Waals surface area contributed by atoms with Crippen molar-refractivity contribution in [3.63, 3.8) is 0 Å². The summed E-state index contributed by atoms with van der Waals surface area (Å²) >= 11 is 0. The van der Waals surface area contributed by atoms with Crippen molar-refractivity contribution in [1.29, 1.82) is 5.26 Å². The zero-order valence-corrected chi connectivity index (χ0v) is 9.49. The SMILES string of the molecule is N#Cc1cn[nH]c1NC(=O)NC1CCCCC1. The Morgan fingerprint density at radius 1 is 1.47 bits per heavy atom. The van der Waals surface area contributed by atoms with Crippen molar-refractivity contribution in [3.05, 3.63) is 11.8 Å². The summed E-state index contributed by atoms with van der Waals surface area (Å²) in [6.07, 6.45) is 7.02. The van der Waals surface area contributed by atoms with Crippen LogP contribution in [-0.2, 0) is 0 Å². The van der Waals surface area contributed by atoms with E-state index in [1.807, 2.05) is 6.07 Å². The van der Waals surface area contributed by atoms with E-state index in [1.54, 1.807) is 0 Å². The van der Waals surface area contributed by atoms with Gasteiger partial charge in [-0.2, -0.15) is 10.4 Å². The molecule has 6 heteroatoms. The lowest BCUT2D eigenvalue weighted by Gasteiger charge is -2.22. The first-order valence-electron chi connectivity index (χ1n) is 5.80. The van der Waals surface area contributed by atoms with Crippen LogP contribution in [0.1, 0.15) is 37.7 Å². The van der Waals surface area contributed by atoms with Gasteiger partial charge in [-0.15, -0.1) is 0 Å². The molecule has 0 atom stereocenters. The predicted octanol–water partition coefficient (Wildman–Crippen LogP) is 1.74. The van der Waals surface area contributed by atoms with Crippen LogP contribution in [-0.4, -0.2) is 22.3 Å². The number of rotatable bonds is 2. The summed E-state index contributed by atoms with van der Waals surface area (Å²) in [6, 6.07) is 1.92. The molecule has 2 rings (SSSR count). The molecule has 2 amide bonds. The number of hydrogen-bond acceptors (Lipinski definition) is 3. The topological polar surface area (TPSA) is 93.6 Å². The van der Waals surface area contributed by atoms with Crippen LogP contribution >= 0.6 is 0 Å². The van der Waals surface area contributed by atoms with Crippen LogP contribution < -0.4 is 10.6 Å². The van der Waals surface area contributed by atoms with Gasteiger partial charge in [-0.1, -0.05) is 19.3 Å². The van der Waals surface area contributed by atoms with Gasteiger partial charge in [-0.3, -0.25) is 10.4 Å². The number of H-pyrrole nitrogens is 1. The minimum atomic E-state index is -0.280. The van der Waals surface area contributed by atoms with Gasteiger partial charge in [0, 0.05) is 6.04 Å². The van der Waals surface area contributed by atoms with Crippen LogP contribution in [0.2, 0.25) is 0 Å². The summed E-state index contributed by atoms with van der Waals surface area (Å²) in [7, 11) is 0. The smallest absolute Gasteiger partial charge is 0.320 e. The lowest BCUT2D eigenvalue weighted by Crippen LogP contribution is -2.39. The first kappa shape index (κ1) is 11.5. The molecule has 0 saturated heterocycles. The van der Waals surface area contributed by atoms with Crippen molar-refractivity contribution in [2.75, 3.05) is 5.32 Å². The molecule has 1 heterocycles. The summed E-state index contributed by atoms with van der Waals surface area (Å²) in [5.41, 5.74) is 0.337. The Kier molecular flexibility index (Phi) is 3.60. The Labute approximate surface area is 99.4 Å². The van der Waals surface area contributed by atoms with E-state index in [1.165, 1.54) is 25.5 Å². The second-order valence-electron chi connectivity index (χ2n) is 4.20. The maximum atomic E-state index is 11.7. The molecule has 1 fully saturated rings.